The monoisotopic (exact) mass is 532 g/mol. The molecule has 0 N–H and O–H groups in total. The molecule has 0 radical (unpaired) electrons. The fourth-order valence-electron chi connectivity index (χ4n) is 7.97. The molecule has 0 amide bonds. The zero-order chi connectivity index (χ0) is 26.3. The van der Waals surface area contributed by atoms with Crippen molar-refractivity contribution in [1.82, 2.24) is 9.21 Å². The first-order valence-electron chi connectivity index (χ1n) is 14.5. The Kier molecular flexibility index (Phi) is 7.00. The molecule has 3 aliphatic heterocycles. The van der Waals surface area contributed by atoms with Crippen molar-refractivity contribution in [3.63, 3.8) is 0 Å². The Morgan fingerprint density at radius 3 is 2.26 bits per heavy atom. The molecule has 2 aromatic rings. The van der Waals surface area contributed by atoms with Gasteiger partial charge in [-0.25, -0.2) is 17.6 Å². The summed E-state index contributed by atoms with van der Waals surface area (Å²) in [5, 5.41) is -0.339. The average Bonchev–Trinajstić information content (AvgIpc) is 3.47. The van der Waals surface area contributed by atoms with Gasteiger partial charge >= 0.3 is 0 Å². The van der Waals surface area contributed by atoms with E-state index in [-0.39, 0.29) is 10.7 Å². The maximum absolute atomic E-state index is 13.6. The summed E-state index contributed by atoms with van der Waals surface area (Å²) >= 11 is 0. The molecule has 6 rings (SSSR count). The largest absolute Gasteiger partial charge is 0.369 e. The van der Waals surface area contributed by atoms with Gasteiger partial charge in [0, 0.05) is 50.4 Å². The molecule has 202 valence electrons. The standard InChI is InChI=1S/C31H40N4O2S/c1-3-33-20-24-8-4-7-11-30(24)31(23-33,25-9-5-6-10-25)26-16-18-35(19-17-26)38(36,37)29-21-34(22-29)28-14-12-27(32-2)13-15-28/h4,7-8,11-15,25-26,29H,3,5-6,9-10,16-23H2,1H3. The van der Waals surface area contributed by atoms with Gasteiger partial charge in [0.1, 0.15) is 5.25 Å². The molecule has 1 unspecified atom stereocenters. The van der Waals surface area contributed by atoms with Crippen LogP contribution < -0.4 is 4.90 Å². The van der Waals surface area contributed by atoms with E-state index in [2.05, 4.69) is 45.8 Å². The van der Waals surface area contributed by atoms with Crippen LogP contribution in [-0.2, 0) is 22.0 Å². The molecule has 6 nitrogen and oxygen atoms in total. The second-order valence-corrected chi connectivity index (χ2v) is 14.1. The first-order valence-corrected chi connectivity index (χ1v) is 16.0. The summed E-state index contributed by atoms with van der Waals surface area (Å²) in [4.78, 5) is 8.19. The van der Waals surface area contributed by atoms with Crippen molar-refractivity contribution < 1.29 is 8.42 Å². The summed E-state index contributed by atoms with van der Waals surface area (Å²) in [7, 11) is -3.32. The lowest BCUT2D eigenvalue weighted by atomic mass is 9.57. The molecule has 0 spiro atoms. The van der Waals surface area contributed by atoms with Crippen molar-refractivity contribution in [3.05, 3.63) is 71.1 Å². The smallest absolute Gasteiger partial charge is 0.220 e. The molecule has 1 aliphatic carbocycles. The zero-order valence-corrected chi connectivity index (χ0v) is 23.4. The molecule has 4 aliphatic rings. The number of rotatable bonds is 6. The van der Waals surface area contributed by atoms with Gasteiger partial charge in [-0.1, -0.05) is 56.2 Å². The van der Waals surface area contributed by atoms with E-state index in [4.69, 9.17) is 6.57 Å². The van der Waals surface area contributed by atoms with Crippen LogP contribution in [0.25, 0.3) is 4.85 Å². The third-order valence-corrected chi connectivity index (χ3v) is 12.3. The zero-order valence-electron chi connectivity index (χ0n) is 22.6. The van der Waals surface area contributed by atoms with Crippen LogP contribution in [0, 0.1) is 18.4 Å². The van der Waals surface area contributed by atoms with Crippen LogP contribution in [0.1, 0.15) is 56.6 Å². The highest BCUT2D eigenvalue weighted by molar-refractivity contribution is 7.89. The van der Waals surface area contributed by atoms with E-state index >= 15 is 0 Å². The molecule has 1 saturated carbocycles. The fraction of sp³-hybridized carbons (Fsp3) is 0.581. The Hall–Kier alpha value is -2.40. The van der Waals surface area contributed by atoms with Crippen LogP contribution in [0.4, 0.5) is 11.4 Å². The number of anilines is 1. The van der Waals surface area contributed by atoms with Gasteiger partial charge in [-0.05, 0) is 67.3 Å². The average molecular weight is 533 g/mol. The third-order valence-electron chi connectivity index (χ3n) is 10.1. The number of piperidine rings is 1. The van der Waals surface area contributed by atoms with E-state index in [1.54, 1.807) is 17.7 Å². The maximum Gasteiger partial charge on any atom is 0.220 e. The van der Waals surface area contributed by atoms with E-state index in [0.29, 0.717) is 43.7 Å². The summed E-state index contributed by atoms with van der Waals surface area (Å²) < 4.78 is 29.0. The Morgan fingerprint density at radius 2 is 1.61 bits per heavy atom. The van der Waals surface area contributed by atoms with E-state index in [1.807, 2.05) is 16.4 Å². The summed E-state index contributed by atoms with van der Waals surface area (Å²) in [5.41, 5.74) is 4.80. The number of fused-ring (bicyclic) bond motifs is 1. The quantitative estimate of drug-likeness (QED) is 0.466. The molecule has 38 heavy (non-hydrogen) atoms. The number of likely N-dealkylation sites (N-methyl/N-ethyl adjacent to an activating group) is 1. The molecule has 3 fully saturated rings. The first kappa shape index (κ1) is 25.9. The van der Waals surface area contributed by atoms with Gasteiger partial charge in [-0.2, -0.15) is 0 Å². The van der Waals surface area contributed by atoms with Gasteiger partial charge in [-0.3, -0.25) is 4.90 Å². The minimum Gasteiger partial charge on any atom is -0.369 e. The number of sulfonamides is 1. The van der Waals surface area contributed by atoms with Crippen molar-refractivity contribution in [1.29, 1.82) is 0 Å². The van der Waals surface area contributed by atoms with Gasteiger partial charge in [0.25, 0.3) is 0 Å². The van der Waals surface area contributed by atoms with E-state index < -0.39 is 10.0 Å². The second kappa shape index (κ2) is 10.3. The lowest BCUT2D eigenvalue weighted by molar-refractivity contribution is 0.0532. The van der Waals surface area contributed by atoms with Crippen molar-refractivity contribution in [3.8, 4) is 0 Å². The summed E-state index contributed by atoms with van der Waals surface area (Å²) in [6, 6.07) is 16.6. The van der Waals surface area contributed by atoms with Crippen molar-refractivity contribution in [2.45, 2.75) is 62.7 Å². The van der Waals surface area contributed by atoms with Crippen LogP contribution in [0.2, 0.25) is 0 Å². The van der Waals surface area contributed by atoms with Gasteiger partial charge in [0.15, 0.2) is 5.69 Å². The molecule has 3 heterocycles. The van der Waals surface area contributed by atoms with Crippen LogP contribution in [0.15, 0.2) is 48.5 Å². The van der Waals surface area contributed by atoms with Crippen LogP contribution >= 0.6 is 0 Å². The summed E-state index contributed by atoms with van der Waals surface area (Å²) in [5.74, 6) is 1.21. The topological polar surface area (TPSA) is 48.2 Å². The minimum atomic E-state index is -3.32. The highest BCUT2D eigenvalue weighted by atomic mass is 32.2. The van der Waals surface area contributed by atoms with Gasteiger partial charge in [0.2, 0.25) is 10.0 Å². The second-order valence-electron chi connectivity index (χ2n) is 11.9. The number of nitrogens with zero attached hydrogens (tertiary/aromatic N) is 4. The Balaban J connectivity index is 1.18. The summed E-state index contributed by atoms with van der Waals surface area (Å²) in [6.07, 6.45) is 7.17. The van der Waals surface area contributed by atoms with Gasteiger partial charge in [0.05, 0.1) is 6.57 Å². The normalized spacial score (nSPS) is 26.2. The van der Waals surface area contributed by atoms with Crippen molar-refractivity contribution >= 4 is 21.4 Å². The lowest BCUT2D eigenvalue weighted by Gasteiger charge is -2.54. The maximum atomic E-state index is 13.6. The Labute approximate surface area is 228 Å². The minimum absolute atomic E-state index is 0.141. The first-order chi connectivity index (χ1) is 18.5. The molecule has 0 aromatic heterocycles. The SMILES string of the molecule is [C-]#[N+]c1ccc(N2CC(S(=O)(=O)N3CCC(C4(C5CCCC5)CN(CC)Cc5ccccc54)CC3)C2)cc1. The number of hydrogen-bond donors (Lipinski definition) is 0. The van der Waals surface area contributed by atoms with Crippen LogP contribution in [0.5, 0.6) is 0 Å². The molecular weight excluding hydrogens is 492 g/mol. The third kappa shape index (κ3) is 4.35. The highest BCUT2D eigenvalue weighted by Crippen LogP contribution is 2.53. The Bertz CT molecular complexity index is 1280. The van der Waals surface area contributed by atoms with Crippen LogP contribution in [0.3, 0.4) is 0 Å². The van der Waals surface area contributed by atoms with Crippen molar-refractivity contribution in [2.75, 3.05) is 44.2 Å². The molecular formula is C31H40N4O2S. The van der Waals surface area contributed by atoms with Crippen molar-refractivity contribution in [2.24, 2.45) is 11.8 Å². The van der Waals surface area contributed by atoms with E-state index in [9.17, 15) is 8.42 Å². The van der Waals surface area contributed by atoms with E-state index in [0.717, 1.165) is 38.2 Å². The van der Waals surface area contributed by atoms with E-state index in [1.165, 1.54) is 31.2 Å². The lowest BCUT2D eigenvalue weighted by Crippen LogP contribution is -2.60. The molecule has 7 heteroatoms. The molecule has 2 aromatic carbocycles. The molecule has 1 atom stereocenters. The van der Waals surface area contributed by atoms with Gasteiger partial charge < -0.3 is 4.90 Å². The number of hydrogen-bond acceptors (Lipinski definition) is 4. The predicted octanol–water partition coefficient (Wildman–Crippen LogP) is 5.43. The highest BCUT2D eigenvalue weighted by Gasteiger charge is 2.52. The molecule has 2 saturated heterocycles. The molecule has 0 bridgehead atoms. The number of benzene rings is 2. The Morgan fingerprint density at radius 1 is 0.947 bits per heavy atom. The van der Waals surface area contributed by atoms with Gasteiger partial charge in [-0.15, -0.1) is 0 Å². The van der Waals surface area contributed by atoms with Crippen LogP contribution in [-0.4, -0.2) is 62.1 Å². The summed E-state index contributed by atoms with van der Waals surface area (Å²) in [6.45, 7) is 15.0. The fourth-order valence-corrected chi connectivity index (χ4v) is 9.85. The predicted molar refractivity (Wildman–Crippen MR) is 153 cm³/mol.